The maximum atomic E-state index is 10.5. The van der Waals surface area contributed by atoms with E-state index in [1.807, 2.05) is 24.3 Å². The number of carboxylic acid groups (broad SMARTS) is 1. The van der Waals surface area contributed by atoms with Crippen LogP contribution in [0.2, 0.25) is 0 Å². The number of hydrogen-bond acceptors (Lipinski definition) is 2. The largest absolute Gasteiger partial charge is 0.490 e. The summed E-state index contributed by atoms with van der Waals surface area (Å²) in [4.78, 5) is 10.5. The summed E-state index contributed by atoms with van der Waals surface area (Å²) in [7, 11) is 0. The van der Waals surface area contributed by atoms with E-state index in [0.717, 1.165) is 18.6 Å². The highest BCUT2D eigenvalue weighted by atomic mass is 16.5. The fourth-order valence-corrected chi connectivity index (χ4v) is 1.39. The van der Waals surface area contributed by atoms with Crippen LogP contribution in [0.15, 0.2) is 35.9 Å². The van der Waals surface area contributed by atoms with Gasteiger partial charge in [0.15, 0.2) is 0 Å². The Labute approximate surface area is 102 Å². The highest BCUT2D eigenvalue weighted by molar-refractivity contribution is 5.85. The number of carbonyl (C=O) groups is 1. The number of ether oxygens (including phenoxy) is 1. The first-order valence-corrected chi connectivity index (χ1v) is 5.75. The number of carboxylic acids is 1. The van der Waals surface area contributed by atoms with Crippen LogP contribution in [0.25, 0.3) is 0 Å². The highest BCUT2D eigenvalue weighted by Crippen LogP contribution is 2.13. The van der Waals surface area contributed by atoms with Gasteiger partial charge in [0.05, 0.1) is 0 Å². The molecule has 0 atom stereocenters. The zero-order chi connectivity index (χ0) is 12.7. The Bertz CT molecular complexity index is 390. The van der Waals surface area contributed by atoms with Crippen LogP contribution in [0.1, 0.15) is 25.8 Å². The molecule has 92 valence electrons. The second-order valence-corrected chi connectivity index (χ2v) is 3.90. The van der Waals surface area contributed by atoms with Gasteiger partial charge in [-0.05, 0) is 37.1 Å². The van der Waals surface area contributed by atoms with Gasteiger partial charge in [0, 0.05) is 5.57 Å². The van der Waals surface area contributed by atoms with Gasteiger partial charge in [-0.1, -0.05) is 25.5 Å². The molecule has 3 nitrogen and oxygen atoms in total. The van der Waals surface area contributed by atoms with Gasteiger partial charge < -0.3 is 9.84 Å². The molecule has 0 aliphatic rings. The molecule has 0 fully saturated rings. The van der Waals surface area contributed by atoms with Gasteiger partial charge in [0.1, 0.15) is 12.4 Å². The van der Waals surface area contributed by atoms with Crippen molar-refractivity contribution >= 4 is 5.97 Å². The number of rotatable bonds is 6. The minimum Gasteiger partial charge on any atom is -0.490 e. The molecule has 1 aromatic carbocycles. The first-order chi connectivity index (χ1) is 8.13. The second kappa shape index (κ2) is 6.74. The molecule has 0 radical (unpaired) electrons. The molecule has 0 aromatic heterocycles. The van der Waals surface area contributed by atoms with Crippen LogP contribution < -0.4 is 4.74 Å². The Morgan fingerprint density at radius 1 is 1.35 bits per heavy atom. The molecule has 0 aliphatic carbocycles. The van der Waals surface area contributed by atoms with Crippen molar-refractivity contribution in [2.24, 2.45) is 0 Å². The summed E-state index contributed by atoms with van der Waals surface area (Å²) in [6.07, 6.45) is 3.75. The molecule has 0 spiro atoms. The van der Waals surface area contributed by atoms with Crippen molar-refractivity contribution in [1.82, 2.24) is 0 Å². The van der Waals surface area contributed by atoms with Crippen molar-refractivity contribution in [3.05, 3.63) is 41.5 Å². The Morgan fingerprint density at radius 3 is 2.53 bits per heavy atom. The molecule has 0 amide bonds. The summed E-state index contributed by atoms with van der Waals surface area (Å²) in [5, 5.41) is 8.65. The molecular weight excluding hydrogens is 216 g/mol. The molecule has 0 saturated carbocycles. The summed E-state index contributed by atoms with van der Waals surface area (Å²) in [6.45, 7) is 3.98. The molecule has 17 heavy (non-hydrogen) atoms. The van der Waals surface area contributed by atoms with Crippen molar-refractivity contribution < 1.29 is 14.6 Å². The lowest BCUT2D eigenvalue weighted by Gasteiger charge is -2.04. The van der Waals surface area contributed by atoms with E-state index in [2.05, 4.69) is 6.92 Å². The minimum absolute atomic E-state index is 0.283. The van der Waals surface area contributed by atoms with E-state index in [1.54, 1.807) is 13.0 Å². The van der Waals surface area contributed by atoms with Crippen molar-refractivity contribution in [1.29, 1.82) is 0 Å². The van der Waals surface area contributed by atoms with Gasteiger partial charge in [-0.15, -0.1) is 0 Å². The summed E-state index contributed by atoms with van der Waals surface area (Å²) >= 11 is 0. The highest BCUT2D eigenvalue weighted by Gasteiger charge is 1.99. The monoisotopic (exact) mass is 234 g/mol. The third-order valence-electron chi connectivity index (χ3n) is 2.44. The SMILES string of the molecule is CCCc1ccc(OCC=C(C)C(=O)O)cc1. The van der Waals surface area contributed by atoms with Crippen LogP contribution in [0, 0.1) is 0 Å². The molecule has 0 unspecified atom stereocenters. The quantitative estimate of drug-likeness (QED) is 0.769. The molecule has 0 bridgehead atoms. The van der Waals surface area contributed by atoms with Crippen LogP contribution in [-0.4, -0.2) is 17.7 Å². The normalized spacial score (nSPS) is 11.3. The molecule has 3 heteroatoms. The summed E-state index contributed by atoms with van der Waals surface area (Å²) in [5.41, 5.74) is 1.59. The van der Waals surface area contributed by atoms with Crippen molar-refractivity contribution in [2.45, 2.75) is 26.7 Å². The van der Waals surface area contributed by atoms with Gasteiger partial charge in [-0.3, -0.25) is 0 Å². The molecular formula is C14H18O3. The molecule has 0 aliphatic heterocycles. The Kier molecular flexibility index (Phi) is 5.27. The second-order valence-electron chi connectivity index (χ2n) is 3.90. The molecule has 1 rings (SSSR count). The number of hydrogen-bond donors (Lipinski definition) is 1. The maximum absolute atomic E-state index is 10.5. The predicted octanol–water partition coefficient (Wildman–Crippen LogP) is 3.05. The van der Waals surface area contributed by atoms with Gasteiger partial charge in [-0.2, -0.15) is 0 Å². The summed E-state index contributed by atoms with van der Waals surface area (Å²) in [6, 6.07) is 7.89. The fourth-order valence-electron chi connectivity index (χ4n) is 1.39. The zero-order valence-electron chi connectivity index (χ0n) is 10.3. The predicted molar refractivity (Wildman–Crippen MR) is 67.3 cm³/mol. The van der Waals surface area contributed by atoms with E-state index in [0.29, 0.717) is 5.57 Å². The lowest BCUT2D eigenvalue weighted by molar-refractivity contribution is -0.132. The van der Waals surface area contributed by atoms with Gasteiger partial charge in [-0.25, -0.2) is 4.79 Å². The molecule has 0 heterocycles. The average Bonchev–Trinajstić information content (AvgIpc) is 2.31. The third-order valence-corrected chi connectivity index (χ3v) is 2.44. The van der Waals surface area contributed by atoms with E-state index < -0.39 is 5.97 Å². The number of benzene rings is 1. The smallest absolute Gasteiger partial charge is 0.331 e. The van der Waals surface area contributed by atoms with Gasteiger partial charge in [0.2, 0.25) is 0 Å². The lowest BCUT2D eigenvalue weighted by atomic mass is 10.1. The topological polar surface area (TPSA) is 46.5 Å². The summed E-state index contributed by atoms with van der Waals surface area (Å²) < 4.78 is 5.42. The Morgan fingerprint density at radius 2 is 2.00 bits per heavy atom. The molecule has 0 saturated heterocycles. The fraction of sp³-hybridized carbons (Fsp3) is 0.357. The van der Waals surface area contributed by atoms with Crippen LogP contribution >= 0.6 is 0 Å². The van der Waals surface area contributed by atoms with E-state index in [9.17, 15) is 4.79 Å². The Hall–Kier alpha value is -1.77. The van der Waals surface area contributed by atoms with Crippen LogP contribution in [0.3, 0.4) is 0 Å². The van der Waals surface area contributed by atoms with Crippen LogP contribution in [0.5, 0.6) is 5.75 Å². The number of aryl methyl sites for hydroxylation is 1. The minimum atomic E-state index is -0.910. The zero-order valence-corrected chi connectivity index (χ0v) is 10.3. The van der Waals surface area contributed by atoms with Crippen molar-refractivity contribution in [3.63, 3.8) is 0 Å². The van der Waals surface area contributed by atoms with E-state index >= 15 is 0 Å². The van der Waals surface area contributed by atoms with Crippen LogP contribution in [-0.2, 0) is 11.2 Å². The lowest BCUT2D eigenvalue weighted by Crippen LogP contribution is -2.00. The maximum Gasteiger partial charge on any atom is 0.331 e. The average molecular weight is 234 g/mol. The summed E-state index contributed by atoms with van der Waals surface area (Å²) in [5.74, 6) is -0.147. The van der Waals surface area contributed by atoms with E-state index in [1.165, 1.54) is 5.56 Å². The van der Waals surface area contributed by atoms with Gasteiger partial charge in [0.25, 0.3) is 0 Å². The first kappa shape index (κ1) is 13.3. The Balaban J connectivity index is 2.47. The molecule has 1 N–H and O–H groups in total. The van der Waals surface area contributed by atoms with Gasteiger partial charge >= 0.3 is 5.97 Å². The third kappa shape index (κ3) is 4.72. The van der Waals surface area contributed by atoms with Crippen LogP contribution in [0.4, 0.5) is 0 Å². The number of aliphatic carboxylic acids is 1. The first-order valence-electron chi connectivity index (χ1n) is 5.75. The van der Waals surface area contributed by atoms with E-state index in [-0.39, 0.29) is 6.61 Å². The standard InChI is InChI=1S/C14H18O3/c1-3-4-12-5-7-13(8-6-12)17-10-9-11(2)14(15)16/h5-9H,3-4,10H2,1-2H3,(H,15,16). The van der Waals surface area contributed by atoms with Crippen molar-refractivity contribution in [3.8, 4) is 5.75 Å². The van der Waals surface area contributed by atoms with E-state index in [4.69, 9.17) is 9.84 Å². The molecule has 1 aromatic rings. The van der Waals surface area contributed by atoms with Crippen molar-refractivity contribution in [2.75, 3.05) is 6.61 Å².